The maximum Gasteiger partial charge on any atom is 0.243 e. The van der Waals surface area contributed by atoms with Gasteiger partial charge in [-0.3, -0.25) is 14.5 Å². The SMILES string of the molecule is CCc1nc(CN(C)CC(=O)N2CCN(S(=O)(=O)c3ccc(C(C)=O)cc3)CC2)cs1. The van der Waals surface area contributed by atoms with E-state index in [9.17, 15) is 18.0 Å². The van der Waals surface area contributed by atoms with Crippen molar-refractivity contribution in [3.63, 3.8) is 0 Å². The molecule has 2 aromatic rings. The molecule has 1 aromatic carbocycles. The van der Waals surface area contributed by atoms with Crippen molar-refractivity contribution < 1.29 is 18.0 Å². The third-order valence-electron chi connectivity index (χ3n) is 5.23. The minimum absolute atomic E-state index is 0.0173. The molecule has 1 aliphatic heterocycles. The van der Waals surface area contributed by atoms with Gasteiger partial charge in [0, 0.05) is 43.7 Å². The summed E-state index contributed by atoms with van der Waals surface area (Å²) < 4.78 is 27.1. The Hall–Kier alpha value is -2.14. The van der Waals surface area contributed by atoms with Crippen LogP contribution in [0.4, 0.5) is 0 Å². The highest BCUT2D eigenvalue weighted by Crippen LogP contribution is 2.19. The van der Waals surface area contributed by atoms with Crippen LogP contribution in [-0.4, -0.2) is 79.0 Å². The number of aromatic nitrogens is 1. The molecule has 0 N–H and O–H groups in total. The predicted molar refractivity (Wildman–Crippen MR) is 120 cm³/mol. The zero-order valence-corrected chi connectivity index (χ0v) is 19.7. The van der Waals surface area contributed by atoms with Crippen LogP contribution >= 0.6 is 11.3 Å². The summed E-state index contributed by atoms with van der Waals surface area (Å²) in [4.78, 5) is 32.4. The van der Waals surface area contributed by atoms with Gasteiger partial charge in [0.15, 0.2) is 5.78 Å². The van der Waals surface area contributed by atoms with E-state index in [-0.39, 0.29) is 36.2 Å². The Kier molecular flexibility index (Phi) is 7.58. The normalized spacial score (nSPS) is 15.4. The average Bonchev–Trinajstić information content (AvgIpc) is 3.21. The molecule has 1 fully saturated rings. The van der Waals surface area contributed by atoms with E-state index in [4.69, 9.17) is 0 Å². The number of thiazole rings is 1. The fourth-order valence-electron chi connectivity index (χ4n) is 3.44. The van der Waals surface area contributed by atoms with Gasteiger partial charge in [-0.1, -0.05) is 19.1 Å². The topological polar surface area (TPSA) is 90.9 Å². The fourth-order valence-corrected chi connectivity index (χ4v) is 5.59. The first-order valence-electron chi connectivity index (χ1n) is 10.2. The number of benzene rings is 1. The van der Waals surface area contributed by atoms with Crippen molar-refractivity contribution in [1.29, 1.82) is 0 Å². The lowest BCUT2D eigenvalue weighted by molar-refractivity contribution is -0.133. The molecule has 3 rings (SSSR count). The summed E-state index contributed by atoms with van der Waals surface area (Å²) in [7, 11) is -1.77. The number of carbonyl (C=O) groups excluding carboxylic acids is 2. The van der Waals surface area contributed by atoms with Crippen LogP contribution in [0.1, 0.15) is 34.9 Å². The quantitative estimate of drug-likeness (QED) is 0.554. The zero-order valence-electron chi connectivity index (χ0n) is 18.1. The van der Waals surface area contributed by atoms with Gasteiger partial charge >= 0.3 is 0 Å². The number of sulfonamides is 1. The molecule has 0 bridgehead atoms. The van der Waals surface area contributed by atoms with Crippen molar-refractivity contribution >= 4 is 33.1 Å². The van der Waals surface area contributed by atoms with Gasteiger partial charge in [0.05, 0.1) is 22.1 Å². The van der Waals surface area contributed by atoms with Crippen LogP contribution in [0.3, 0.4) is 0 Å². The number of aryl methyl sites for hydroxylation is 1. The van der Waals surface area contributed by atoms with E-state index in [2.05, 4.69) is 11.9 Å². The monoisotopic (exact) mass is 464 g/mol. The number of Topliss-reactive ketones (excluding diaryl/α,β-unsaturated/α-hetero) is 1. The van der Waals surface area contributed by atoms with E-state index in [1.807, 2.05) is 17.3 Å². The largest absolute Gasteiger partial charge is 0.339 e. The number of amides is 1. The number of carbonyl (C=O) groups is 2. The number of likely N-dealkylation sites (N-methyl/N-ethyl adjacent to an activating group) is 1. The molecule has 0 aliphatic carbocycles. The highest BCUT2D eigenvalue weighted by atomic mass is 32.2. The molecular formula is C21H28N4O4S2. The lowest BCUT2D eigenvalue weighted by Gasteiger charge is -2.34. The second-order valence-corrected chi connectivity index (χ2v) is 10.5. The fraction of sp³-hybridized carbons (Fsp3) is 0.476. The van der Waals surface area contributed by atoms with Gasteiger partial charge in [-0.15, -0.1) is 11.3 Å². The molecular weight excluding hydrogens is 436 g/mol. The molecule has 168 valence electrons. The van der Waals surface area contributed by atoms with Crippen molar-refractivity contribution in [3.05, 3.63) is 45.9 Å². The van der Waals surface area contributed by atoms with Crippen molar-refractivity contribution in [2.75, 3.05) is 39.8 Å². The third kappa shape index (κ3) is 5.76. The van der Waals surface area contributed by atoms with E-state index < -0.39 is 10.0 Å². The highest BCUT2D eigenvalue weighted by Gasteiger charge is 2.30. The van der Waals surface area contributed by atoms with Crippen molar-refractivity contribution in [2.24, 2.45) is 0 Å². The molecule has 0 spiro atoms. The molecule has 0 atom stereocenters. The maximum absolute atomic E-state index is 12.9. The Morgan fingerprint density at radius 1 is 1.13 bits per heavy atom. The average molecular weight is 465 g/mol. The summed E-state index contributed by atoms with van der Waals surface area (Å²) in [6.45, 7) is 5.58. The number of hydrogen-bond donors (Lipinski definition) is 0. The molecule has 1 aliphatic rings. The lowest BCUT2D eigenvalue weighted by Crippen LogP contribution is -2.52. The number of ketones is 1. The van der Waals surface area contributed by atoms with Gasteiger partial charge in [0.25, 0.3) is 0 Å². The van der Waals surface area contributed by atoms with E-state index in [0.717, 1.165) is 17.1 Å². The van der Waals surface area contributed by atoms with Crippen LogP contribution in [0.15, 0.2) is 34.5 Å². The van der Waals surface area contributed by atoms with Crippen LogP contribution < -0.4 is 0 Å². The second-order valence-electron chi connectivity index (χ2n) is 7.62. The Balaban J connectivity index is 1.53. The molecule has 1 saturated heterocycles. The summed E-state index contributed by atoms with van der Waals surface area (Å²) in [5.41, 5.74) is 1.44. The molecule has 10 heteroatoms. The van der Waals surface area contributed by atoms with Gasteiger partial charge in [0.2, 0.25) is 15.9 Å². The van der Waals surface area contributed by atoms with Crippen LogP contribution in [0.2, 0.25) is 0 Å². The summed E-state index contributed by atoms with van der Waals surface area (Å²) in [5.74, 6) is -0.127. The van der Waals surface area contributed by atoms with Crippen LogP contribution in [0, 0.1) is 0 Å². The van der Waals surface area contributed by atoms with Gasteiger partial charge < -0.3 is 4.90 Å². The van der Waals surface area contributed by atoms with Gasteiger partial charge in [-0.05, 0) is 32.5 Å². The molecule has 2 heterocycles. The summed E-state index contributed by atoms with van der Waals surface area (Å²) in [5, 5.41) is 3.11. The Bertz CT molecular complexity index is 1030. The molecule has 0 saturated carbocycles. The first-order valence-corrected chi connectivity index (χ1v) is 12.5. The van der Waals surface area contributed by atoms with E-state index in [1.54, 1.807) is 16.2 Å². The molecule has 1 amide bonds. The number of piperazine rings is 1. The molecule has 0 radical (unpaired) electrons. The minimum Gasteiger partial charge on any atom is -0.339 e. The summed E-state index contributed by atoms with van der Waals surface area (Å²) >= 11 is 1.63. The summed E-state index contributed by atoms with van der Waals surface area (Å²) in [6.07, 6.45) is 0.904. The predicted octanol–water partition coefficient (Wildman–Crippen LogP) is 1.87. The zero-order chi connectivity index (χ0) is 22.6. The van der Waals surface area contributed by atoms with Crippen LogP contribution in [0.25, 0.3) is 0 Å². The Morgan fingerprint density at radius 2 is 1.77 bits per heavy atom. The first kappa shape index (κ1) is 23.5. The van der Waals surface area contributed by atoms with E-state index in [1.165, 1.54) is 35.5 Å². The van der Waals surface area contributed by atoms with E-state index >= 15 is 0 Å². The maximum atomic E-state index is 12.9. The van der Waals surface area contributed by atoms with Gasteiger partial charge in [-0.2, -0.15) is 4.31 Å². The van der Waals surface area contributed by atoms with E-state index in [0.29, 0.717) is 25.2 Å². The molecule has 1 aromatic heterocycles. The Labute approximate surface area is 187 Å². The van der Waals surface area contributed by atoms with Crippen molar-refractivity contribution in [3.8, 4) is 0 Å². The second kappa shape index (κ2) is 9.99. The highest BCUT2D eigenvalue weighted by molar-refractivity contribution is 7.89. The molecule has 31 heavy (non-hydrogen) atoms. The molecule has 0 unspecified atom stereocenters. The molecule has 8 nitrogen and oxygen atoms in total. The van der Waals surface area contributed by atoms with Crippen molar-refractivity contribution in [2.45, 2.75) is 31.7 Å². The number of nitrogens with zero attached hydrogens (tertiary/aromatic N) is 4. The minimum atomic E-state index is -3.65. The van der Waals surface area contributed by atoms with Crippen LogP contribution in [0.5, 0.6) is 0 Å². The standard InChI is InChI=1S/C21H28N4O4S2/c1-4-20-22-18(15-30-20)13-23(3)14-21(27)24-9-11-25(12-10-24)31(28,29)19-7-5-17(6-8-19)16(2)26/h5-8,15H,4,9-14H2,1-3H3. The lowest BCUT2D eigenvalue weighted by atomic mass is 10.2. The van der Waals surface area contributed by atoms with Crippen molar-refractivity contribution in [1.82, 2.24) is 19.1 Å². The third-order valence-corrected chi connectivity index (χ3v) is 8.18. The Morgan fingerprint density at radius 3 is 2.32 bits per heavy atom. The number of hydrogen-bond acceptors (Lipinski definition) is 7. The van der Waals surface area contributed by atoms with Gasteiger partial charge in [-0.25, -0.2) is 13.4 Å². The first-order chi connectivity index (χ1) is 14.7. The summed E-state index contributed by atoms with van der Waals surface area (Å²) in [6, 6.07) is 5.97. The van der Waals surface area contributed by atoms with Gasteiger partial charge in [0.1, 0.15) is 0 Å². The van der Waals surface area contributed by atoms with Crippen LogP contribution in [-0.2, 0) is 27.8 Å². The number of rotatable bonds is 8. The smallest absolute Gasteiger partial charge is 0.243 e.